The van der Waals surface area contributed by atoms with Crippen molar-refractivity contribution in [3.05, 3.63) is 17.5 Å². The second kappa shape index (κ2) is 6.59. The van der Waals surface area contributed by atoms with Crippen molar-refractivity contribution in [2.75, 3.05) is 11.8 Å². The Morgan fingerprint density at radius 2 is 1.82 bits per heavy atom. The Morgan fingerprint density at radius 1 is 1.24 bits per heavy atom. The Hall–Kier alpha value is -0.290. The summed E-state index contributed by atoms with van der Waals surface area (Å²) in [5, 5.41) is 19.2. The van der Waals surface area contributed by atoms with E-state index in [4.69, 9.17) is 23.2 Å². The summed E-state index contributed by atoms with van der Waals surface area (Å²) in [4.78, 5) is 0. The van der Waals surface area contributed by atoms with E-state index in [0.717, 1.165) is 11.4 Å². The highest BCUT2D eigenvalue weighted by Crippen LogP contribution is 2.04. The van der Waals surface area contributed by atoms with Gasteiger partial charge in [-0.15, -0.1) is 27.9 Å². The highest BCUT2D eigenvalue weighted by molar-refractivity contribution is 6.18. The summed E-state index contributed by atoms with van der Waals surface area (Å²) >= 11 is 11.2. The highest BCUT2D eigenvalue weighted by Gasteiger charge is 2.22. The molecule has 0 aliphatic carbocycles. The summed E-state index contributed by atoms with van der Waals surface area (Å²) in [5.74, 6) is 0.378. The first kappa shape index (κ1) is 14.8. The summed E-state index contributed by atoms with van der Waals surface area (Å²) in [6.45, 7) is 4.74. The Bertz CT molecular complexity index is 336. The Balaban J connectivity index is 2.93. The first-order valence-electron chi connectivity index (χ1n) is 5.54. The average molecular weight is 282 g/mol. The lowest BCUT2D eigenvalue weighted by molar-refractivity contribution is -0.785. The van der Waals surface area contributed by atoms with E-state index in [2.05, 4.69) is 0 Å². The maximum Gasteiger partial charge on any atom is 0.205 e. The number of hydrogen-bond donors (Lipinski definition) is 2. The summed E-state index contributed by atoms with van der Waals surface area (Å²) in [6.07, 6.45) is -1.19. The van der Waals surface area contributed by atoms with Gasteiger partial charge in [0.25, 0.3) is 0 Å². The monoisotopic (exact) mass is 281 g/mol. The molecule has 0 unspecified atom stereocenters. The molecule has 17 heavy (non-hydrogen) atoms. The molecule has 0 radical (unpaired) electrons. The minimum Gasteiger partial charge on any atom is -0.390 e. The molecule has 2 N–H and O–H groups in total. The van der Waals surface area contributed by atoms with Gasteiger partial charge in [-0.25, -0.2) is 0 Å². The van der Waals surface area contributed by atoms with E-state index in [1.807, 2.05) is 29.3 Å². The van der Waals surface area contributed by atoms with Crippen LogP contribution in [0.2, 0.25) is 0 Å². The van der Waals surface area contributed by atoms with Crippen LogP contribution in [0.1, 0.15) is 11.4 Å². The summed E-state index contributed by atoms with van der Waals surface area (Å²) in [7, 11) is 0. The van der Waals surface area contributed by atoms with Crippen molar-refractivity contribution in [1.82, 2.24) is 4.68 Å². The molecular weight excluding hydrogens is 263 g/mol. The lowest BCUT2D eigenvalue weighted by Gasteiger charge is -2.11. The number of alkyl halides is 2. The molecule has 1 aromatic rings. The third-order valence-electron chi connectivity index (χ3n) is 2.65. The quantitative estimate of drug-likeness (QED) is 0.593. The third kappa shape index (κ3) is 3.85. The molecule has 0 fully saturated rings. The van der Waals surface area contributed by atoms with Gasteiger partial charge in [0, 0.05) is 13.0 Å². The number of nitrogens with zero attached hydrogens (tertiary/aromatic N) is 2. The molecule has 2 atom stereocenters. The molecule has 0 aliphatic heterocycles. The van der Waals surface area contributed by atoms with Crippen LogP contribution < -0.4 is 4.68 Å². The molecule has 1 rings (SSSR count). The molecule has 0 amide bonds. The van der Waals surface area contributed by atoms with Crippen molar-refractivity contribution >= 4 is 23.2 Å². The van der Waals surface area contributed by atoms with Gasteiger partial charge in [0.15, 0.2) is 6.54 Å². The lowest BCUT2D eigenvalue weighted by atomic mass is 10.3. The second-order valence-corrected chi connectivity index (χ2v) is 4.82. The zero-order chi connectivity index (χ0) is 13.0. The molecule has 0 saturated heterocycles. The third-order valence-corrected chi connectivity index (χ3v) is 3.36. The standard InChI is InChI=1S/C11H19Cl2N2O2/c1-8-3-9(2)15(7-11(17)5-13)14(8)6-10(16)4-12/h3,10-11,16-17H,4-7H2,1-2H3/q+1/t10-,11-/m0/s1. The maximum atomic E-state index is 9.61. The molecule has 0 aromatic carbocycles. The fourth-order valence-corrected chi connectivity index (χ4v) is 2.01. The first-order chi connectivity index (χ1) is 7.99. The van der Waals surface area contributed by atoms with Crippen molar-refractivity contribution in [1.29, 1.82) is 0 Å². The fourth-order valence-electron chi connectivity index (χ4n) is 1.81. The number of aliphatic hydroxyl groups is 2. The second-order valence-electron chi connectivity index (χ2n) is 4.21. The Morgan fingerprint density at radius 3 is 2.35 bits per heavy atom. The van der Waals surface area contributed by atoms with Gasteiger partial charge >= 0.3 is 0 Å². The zero-order valence-corrected chi connectivity index (χ0v) is 11.6. The number of halogens is 2. The van der Waals surface area contributed by atoms with E-state index in [0.29, 0.717) is 13.1 Å². The lowest BCUT2D eigenvalue weighted by Crippen LogP contribution is -2.51. The van der Waals surface area contributed by atoms with Crippen molar-refractivity contribution in [2.45, 2.75) is 39.1 Å². The van der Waals surface area contributed by atoms with Gasteiger partial charge in [-0.1, -0.05) is 0 Å². The van der Waals surface area contributed by atoms with Crippen LogP contribution in [0.3, 0.4) is 0 Å². The highest BCUT2D eigenvalue weighted by atomic mass is 35.5. The molecule has 6 heteroatoms. The molecule has 0 bridgehead atoms. The van der Waals surface area contributed by atoms with Gasteiger partial charge in [0.1, 0.15) is 12.6 Å². The van der Waals surface area contributed by atoms with Crippen LogP contribution >= 0.6 is 23.2 Å². The SMILES string of the molecule is Cc1cc(C)[n+](C[C@@H](O)CCl)n1C[C@@H](O)CCl. The van der Waals surface area contributed by atoms with E-state index >= 15 is 0 Å². The topological polar surface area (TPSA) is 49.3 Å². The van der Waals surface area contributed by atoms with Crippen LogP contribution in [-0.4, -0.2) is 38.9 Å². The van der Waals surface area contributed by atoms with Crippen molar-refractivity contribution in [3.8, 4) is 0 Å². The van der Waals surface area contributed by atoms with Crippen LogP contribution in [-0.2, 0) is 13.1 Å². The maximum absolute atomic E-state index is 9.61. The smallest absolute Gasteiger partial charge is 0.205 e. The normalized spacial score (nSPS) is 14.9. The zero-order valence-electron chi connectivity index (χ0n) is 10.1. The van der Waals surface area contributed by atoms with Crippen molar-refractivity contribution < 1.29 is 14.9 Å². The van der Waals surface area contributed by atoms with Crippen LogP contribution in [0, 0.1) is 13.8 Å². The Labute approximate surface area is 111 Å². The van der Waals surface area contributed by atoms with E-state index in [-0.39, 0.29) is 11.8 Å². The summed E-state index contributed by atoms with van der Waals surface area (Å²) in [6, 6.07) is 2.00. The number of rotatable bonds is 6. The molecule has 1 heterocycles. The van der Waals surface area contributed by atoms with Crippen LogP contribution in [0.25, 0.3) is 0 Å². The van der Waals surface area contributed by atoms with Gasteiger partial charge < -0.3 is 10.2 Å². The van der Waals surface area contributed by atoms with E-state index in [9.17, 15) is 10.2 Å². The predicted molar refractivity (Wildman–Crippen MR) is 67.6 cm³/mol. The molecule has 0 aliphatic rings. The fraction of sp³-hybridized carbons (Fsp3) is 0.727. The van der Waals surface area contributed by atoms with E-state index in [1.54, 1.807) is 0 Å². The predicted octanol–water partition coefficient (Wildman–Crippen LogP) is 0.592. The molecule has 0 saturated carbocycles. The average Bonchev–Trinajstić information content (AvgIpc) is 2.55. The molecule has 98 valence electrons. The molecule has 4 nitrogen and oxygen atoms in total. The molecule has 1 aromatic heterocycles. The van der Waals surface area contributed by atoms with Gasteiger partial charge in [-0.05, 0) is 6.92 Å². The summed E-state index contributed by atoms with van der Waals surface area (Å²) in [5.41, 5.74) is 2.04. The van der Waals surface area contributed by atoms with Crippen LogP contribution in [0.15, 0.2) is 6.07 Å². The largest absolute Gasteiger partial charge is 0.390 e. The van der Waals surface area contributed by atoms with Crippen LogP contribution in [0.4, 0.5) is 0 Å². The number of aliphatic hydroxyl groups excluding tert-OH is 2. The van der Waals surface area contributed by atoms with Gasteiger partial charge in [0.2, 0.25) is 5.69 Å². The molecule has 0 spiro atoms. The minimum absolute atomic E-state index is 0.189. The van der Waals surface area contributed by atoms with Gasteiger partial charge in [-0.2, -0.15) is 4.68 Å². The molecular formula is C11H19Cl2N2O2+. The van der Waals surface area contributed by atoms with E-state index < -0.39 is 12.2 Å². The first-order valence-corrected chi connectivity index (χ1v) is 6.61. The number of hydrogen-bond acceptors (Lipinski definition) is 2. The number of aromatic nitrogens is 2. The van der Waals surface area contributed by atoms with E-state index in [1.165, 1.54) is 0 Å². The van der Waals surface area contributed by atoms with Crippen molar-refractivity contribution in [3.63, 3.8) is 0 Å². The Kier molecular flexibility index (Phi) is 5.73. The number of aryl methyl sites for hydroxylation is 2. The van der Waals surface area contributed by atoms with Gasteiger partial charge in [0.05, 0.1) is 23.6 Å². The summed E-state index contributed by atoms with van der Waals surface area (Å²) < 4.78 is 3.83. The van der Waals surface area contributed by atoms with Crippen molar-refractivity contribution in [2.24, 2.45) is 0 Å². The van der Waals surface area contributed by atoms with Crippen LogP contribution in [0.5, 0.6) is 0 Å². The minimum atomic E-state index is -0.596. The van der Waals surface area contributed by atoms with Gasteiger partial charge in [-0.3, -0.25) is 0 Å².